The van der Waals surface area contributed by atoms with Gasteiger partial charge in [-0.05, 0) is 29.8 Å². The van der Waals surface area contributed by atoms with Crippen LogP contribution in [0.15, 0.2) is 47.5 Å². The maximum absolute atomic E-state index is 13.0. The van der Waals surface area contributed by atoms with Gasteiger partial charge in [-0.2, -0.15) is 0 Å². The number of carboxylic acids is 1. The Morgan fingerprint density at radius 2 is 2.05 bits per heavy atom. The normalized spacial score (nSPS) is 11.3. The van der Waals surface area contributed by atoms with E-state index >= 15 is 0 Å². The van der Waals surface area contributed by atoms with Gasteiger partial charge in [0.05, 0.1) is 4.90 Å². The first-order valence-electron chi connectivity index (χ1n) is 5.82. The molecule has 0 fully saturated rings. The van der Waals surface area contributed by atoms with Crippen LogP contribution in [0.3, 0.4) is 0 Å². The van der Waals surface area contributed by atoms with Crippen LogP contribution in [0, 0.1) is 5.82 Å². The molecule has 1 aromatic carbocycles. The molecular weight excluding hydrogens is 299 g/mol. The van der Waals surface area contributed by atoms with Gasteiger partial charge >= 0.3 is 5.97 Å². The van der Waals surface area contributed by atoms with Gasteiger partial charge < -0.3 is 5.11 Å². The molecule has 6 nitrogen and oxygen atoms in total. The monoisotopic (exact) mass is 310 g/mol. The predicted octanol–water partition coefficient (Wildman–Crippen LogP) is 1.40. The Balaban J connectivity index is 2.10. The first-order valence-corrected chi connectivity index (χ1v) is 7.30. The van der Waals surface area contributed by atoms with Crippen LogP contribution in [0.25, 0.3) is 0 Å². The summed E-state index contributed by atoms with van der Waals surface area (Å²) in [6, 6.07) is 7.35. The molecule has 0 spiro atoms. The van der Waals surface area contributed by atoms with E-state index in [1.54, 1.807) is 0 Å². The maximum atomic E-state index is 13.0. The molecule has 0 saturated carbocycles. The lowest BCUT2D eigenvalue weighted by Crippen LogP contribution is -2.23. The van der Waals surface area contributed by atoms with Crippen LogP contribution < -0.4 is 4.72 Å². The smallest absolute Gasteiger partial charge is 0.354 e. The molecule has 1 heterocycles. The molecule has 0 amide bonds. The van der Waals surface area contributed by atoms with Gasteiger partial charge in [0.15, 0.2) is 0 Å². The summed E-state index contributed by atoms with van der Waals surface area (Å²) >= 11 is 0. The van der Waals surface area contributed by atoms with Gasteiger partial charge in [-0.1, -0.05) is 12.1 Å². The molecule has 0 aliphatic heterocycles. The SMILES string of the molecule is O=C(O)c1ccc(CNS(=O)(=O)c2cccc(F)c2)cn1. The average Bonchev–Trinajstić information content (AvgIpc) is 2.45. The van der Waals surface area contributed by atoms with Crippen LogP contribution in [-0.2, 0) is 16.6 Å². The van der Waals surface area contributed by atoms with Crippen LogP contribution in [0.4, 0.5) is 4.39 Å². The number of nitrogens with one attached hydrogen (secondary N) is 1. The van der Waals surface area contributed by atoms with E-state index in [1.165, 1.54) is 30.5 Å². The number of hydrogen-bond donors (Lipinski definition) is 2. The summed E-state index contributed by atoms with van der Waals surface area (Å²) in [7, 11) is -3.84. The first kappa shape index (κ1) is 15.1. The summed E-state index contributed by atoms with van der Waals surface area (Å²) in [5.74, 6) is -1.81. The van der Waals surface area contributed by atoms with Crippen LogP contribution in [0.2, 0.25) is 0 Å². The van der Waals surface area contributed by atoms with Crippen molar-refractivity contribution in [2.75, 3.05) is 0 Å². The van der Waals surface area contributed by atoms with E-state index in [0.29, 0.717) is 5.56 Å². The molecule has 110 valence electrons. The summed E-state index contributed by atoms with van der Waals surface area (Å²) < 4.78 is 39.2. The molecule has 0 radical (unpaired) electrons. The summed E-state index contributed by atoms with van der Waals surface area (Å²) in [5.41, 5.74) is 0.353. The van der Waals surface area contributed by atoms with Crippen molar-refractivity contribution >= 4 is 16.0 Å². The molecule has 1 aromatic heterocycles. The standard InChI is InChI=1S/C13H11FN2O4S/c14-10-2-1-3-11(6-10)21(19,20)16-8-9-4-5-12(13(17)18)15-7-9/h1-7,16H,8H2,(H,17,18). The van der Waals surface area contributed by atoms with Gasteiger partial charge in [-0.15, -0.1) is 0 Å². The van der Waals surface area contributed by atoms with E-state index in [-0.39, 0.29) is 17.1 Å². The number of carbonyl (C=O) groups is 1. The highest BCUT2D eigenvalue weighted by atomic mass is 32.2. The molecule has 2 rings (SSSR count). The number of carboxylic acid groups (broad SMARTS) is 1. The Morgan fingerprint density at radius 3 is 2.62 bits per heavy atom. The fourth-order valence-electron chi connectivity index (χ4n) is 1.55. The Labute approximate surface area is 120 Å². The number of halogens is 1. The third kappa shape index (κ3) is 3.83. The van der Waals surface area contributed by atoms with E-state index < -0.39 is 21.8 Å². The molecule has 0 aliphatic rings. The summed E-state index contributed by atoms with van der Waals surface area (Å²) in [4.78, 5) is 14.1. The van der Waals surface area contributed by atoms with Gasteiger partial charge in [0.1, 0.15) is 11.5 Å². The molecule has 2 aromatic rings. The van der Waals surface area contributed by atoms with Crippen molar-refractivity contribution in [1.29, 1.82) is 0 Å². The van der Waals surface area contributed by atoms with E-state index in [0.717, 1.165) is 12.1 Å². The average molecular weight is 310 g/mol. The lowest BCUT2D eigenvalue weighted by molar-refractivity contribution is 0.0690. The molecule has 21 heavy (non-hydrogen) atoms. The number of nitrogens with zero attached hydrogens (tertiary/aromatic N) is 1. The lowest BCUT2D eigenvalue weighted by atomic mass is 10.2. The number of pyridine rings is 1. The van der Waals surface area contributed by atoms with E-state index in [1.807, 2.05) is 0 Å². The zero-order valence-corrected chi connectivity index (χ0v) is 11.5. The van der Waals surface area contributed by atoms with Crippen molar-refractivity contribution in [3.05, 3.63) is 59.7 Å². The topological polar surface area (TPSA) is 96.4 Å². The van der Waals surface area contributed by atoms with Crippen LogP contribution in [-0.4, -0.2) is 24.5 Å². The number of sulfonamides is 1. The number of aromatic nitrogens is 1. The van der Waals surface area contributed by atoms with Crippen LogP contribution in [0.1, 0.15) is 16.1 Å². The third-order valence-corrected chi connectivity index (χ3v) is 4.02. The van der Waals surface area contributed by atoms with Gasteiger partial charge in [-0.25, -0.2) is 27.3 Å². The fraction of sp³-hybridized carbons (Fsp3) is 0.0769. The number of hydrogen-bond acceptors (Lipinski definition) is 4. The highest BCUT2D eigenvalue weighted by molar-refractivity contribution is 7.89. The minimum Gasteiger partial charge on any atom is -0.477 e. The number of aromatic carboxylic acids is 1. The zero-order chi connectivity index (χ0) is 15.5. The summed E-state index contributed by atoms with van der Waals surface area (Å²) in [5, 5.41) is 8.70. The lowest BCUT2D eigenvalue weighted by Gasteiger charge is -2.07. The van der Waals surface area contributed by atoms with Crippen molar-refractivity contribution in [2.45, 2.75) is 11.4 Å². The molecule has 0 aliphatic carbocycles. The molecule has 2 N–H and O–H groups in total. The van der Waals surface area contributed by atoms with Crippen LogP contribution in [0.5, 0.6) is 0 Å². The molecule has 8 heteroatoms. The summed E-state index contributed by atoms with van der Waals surface area (Å²) in [6.07, 6.45) is 1.26. The Hall–Kier alpha value is -2.32. The summed E-state index contributed by atoms with van der Waals surface area (Å²) in [6.45, 7) is -0.0776. The van der Waals surface area contributed by atoms with E-state index in [9.17, 15) is 17.6 Å². The number of benzene rings is 1. The zero-order valence-electron chi connectivity index (χ0n) is 10.7. The highest BCUT2D eigenvalue weighted by Gasteiger charge is 2.14. The predicted molar refractivity (Wildman–Crippen MR) is 71.6 cm³/mol. The van der Waals surface area contributed by atoms with Crippen molar-refractivity contribution < 1.29 is 22.7 Å². The molecule has 0 bridgehead atoms. The largest absolute Gasteiger partial charge is 0.477 e. The van der Waals surface area contributed by atoms with Gasteiger partial charge in [-0.3, -0.25) is 0 Å². The van der Waals surface area contributed by atoms with Crippen molar-refractivity contribution in [3.63, 3.8) is 0 Å². The fourth-order valence-corrected chi connectivity index (χ4v) is 2.60. The number of rotatable bonds is 5. The van der Waals surface area contributed by atoms with Crippen molar-refractivity contribution in [2.24, 2.45) is 0 Å². The minimum atomic E-state index is -3.84. The molecule has 0 unspecified atom stereocenters. The van der Waals surface area contributed by atoms with Crippen molar-refractivity contribution in [3.8, 4) is 0 Å². The molecule has 0 saturated heterocycles. The molecular formula is C13H11FN2O4S. The maximum Gasteiger partial charge on any atom is 0.354 e. The highest BCUT2D eigenvalue weighted by Crippen LogP contribution is 2.11. The second kappa shape index (κ2) is 5.98. The van der Waals surface area contributed by atoms with Crippen molar-refractivity contribution in [1.82, 2.24) is 9.71 Å². The Morgan fingerprint density at radius 1 is 1.29 bits per heavy atom. The van der Waals surface area contributed by atoms with Crippen LogP contribution >= 0.6 is 0 Å². The van der Waals surface area contributed by atoms with E-state index in [4.69, 9.17) is 5.11 Å². The molecule has 0 atom stereocenters. The van der Waals surface area contributed by atoms with Gasteiger partial charge in [0.25, 0.3) is 0 Å². The Kier molecular flexibility index (Phi) is 4.29. The van der Waals surface area contributed by atoms with Gasteiger partial charge in [0.2, 0.25) is 10.0 Å². The third-order valence-electron chi connectivity index (χ3n) is 2.62. The second-order valence-corrected chi connectivity index (χ2v) is 5.91. The quantitative estimate of drug-likeness (QED) is 0.870. The Bertz CT molecular complexity index is 760. The second-order valence-electron chi connectivity index (χ2n) is 4.14. The first-order chi connectivity index (χ1) is 9.88. The van der Waals surface area contributed by atoms with Gasteiger partial charge in [0, 0.05) is 12.7 Å². The minimum absolute atomic E-state index is 0.0776. The van der Waals surface area contributed by atoms with E-state index in [2.05, 4.69) is 9.71 Å².